The number of carbonyl (C=O) groups excluding carboxylic acids is 1. The molecular weight excluding hydrogens is 346 g/mol. The van der Waals surface area contributed by atoms with Gasteiger partial charge >= 0.3 is 0 Å². The van der Waals surface area contributed by atoms with Crippen molar-refractivity contribution in [1.82, 2.24) is 9.88 Å². The number of hydrogen-bond acceptors (Lipinski definition) is 6. The molecule has 128 valence electrons. The Morgan fingerprint density at radius 3 is 2.71 bits per heavy atom. The van der Waals surface area contributed by atoms with E-state index in [-0.39, 0.29) is 17.2 Å². The second-order valence-corrected chi connectivity index (χ2v) is 9.12. The van der Waals surface area contributed by atoms with Crippen LogP contribution in [-0.2, 0) is 34.0 Å². The molecule has 0 bridgehead atoms. The van der Waals surface area contributed by atoms with Gasteiger partial charge in [-0.3, -0.25) is 4.79 Å². The van der Waals surface area contributed by atoms with Crippen molar-refractivity contribution < 1.29 is 13.2 Å². The Morgan fingerprint density at radius 2 is 2.04 bits per heavy atom. The monoisotopic (exact) mass is 365 g/mol. The molecule has 0 radical (unpaired) electrons. The second-order valence-electron chi connectivity index (χ2n) is 6.02. The molecular formula is C16H19N3O3S2. The van der Waals surface area contributed by atoms with Crippen molar-refractivity contribution in [2.75, 3.05) is 25.2 Å². The van der Waals surface area contributed by atoms with Gasteiger partial charge in [0.1, 0.15) is 0 Å². The highest BCUT2D eigenvalue weighted by Gasteiger charge is 2.19. The quantitative estimate of drug-likeness (QED) is 0.892. The third kappa shape index (κ3) is 4.00. The Bertz CT molecular complexity index is 857. The molecule has 0 fully saturated rings. The maximum atomic E-state index is 12.2. The predicted molar refractivity (Wildman–Crippen MR) is 94.0 cm³/mol. The minimum atomic E-state index is -3.22. The second kappa shape index (κ2) is 6.62. The highest BCUT2D eigenvalue weighted by molar-refractivity contribution is 7.90. The normalized spacial score (nSPS) is 15.1. The molecule has 24 heavy (non-hydrogen) atoms. The van der Waals surface area contributed by atoms with Crippen molar-refractivity contribution >= 4 is 32.2 Å². The molecule has 3 rings (SSSR count). The number of nitrogens with zero attached hydrogens (tertiary/aromatic N) is 2. The minimum absolute atomic E-state index is 0.151. The smallest absolute Gasteiger partial charge is 0.230 e. The van der Waals surface area contributed by atoms with Crippen LogP contribution in [0.3, 0.4) is 0 Å². The van der Waals surface area contributed by atoms with Gasteiger partial charge in [-0.15, -0.1) is 11.3 Å². The number of amides is 1. The number of thiazole rings is 1. The van der Waals surface area contributed by atoms with Gasteiger partial charge in [0.25, 0.3) is 0 Å². The van der Waals surface area contributed by atoms with Crippen LogP contribution < -0.4 is 5.32 Å². The molecule has 0 aliphatic carbocycles. The van der Waals surface area contributed by atoms with Crippen LogP contribution in [0.2, 0.25) is 0 Å². The van der Waals surface area contributed by atoms with E-state index in [9.17, 15) is 13.2 Å². The van der Waals surface area contributed by atoms with Gasteiger partial charge < -0.3 is 10.2 Å². The van der Waals surface area contributed by atoms with Gasteiger partial charge in [0.2, 0.25) is 5.91 Å². The number of sulfone groups is 1. The Hall–Kier alpha value is -1.77. The summed E-state index contributed by atoms with van der Waals surface area (Å²) in [7, 11) is -1.15. The third-order valence-electron chi connectivity index (χ3n) is 3.88. The fourth-order valence-electron chi connectivity index (χ4n) is 2.58. The molecule has 1 amide bonds. The molecule has 1 aliphatic rings. The molecule has 8 heteroatoms. The number of likely N-dealkylation sites (N-methyl/N-ethyl adjacent to an activating group) is 1. The van der Waals surface area contributed by atoms with Gasteiger partial charge in [0, 0.05) is 30.6 Å². The number of fused-ring (bicyclic) bond motifs is 1. The summed E-state index contributed by atoms with van der Waals surface area (Å²) in [5.41, 5.74) is 1.84. The van der Waals surface area contributed by atoms with E-state index in [0.29, 0.717) is 5.13 Å². The summed E-state index contributed by atoms with van der Waals surface area (Å²) in [4.78, 5) is 20.4. The van der Waals surface area contributed by atoms with E-state index in [4.69, 9.17) is 0 Å². The zero-order chi connectivity index (χ0) is 17.3. The average Bonchev–Trinajstić information content (AvgIpc) is 2.87. The summed E-state index contributed by atoms with van der Waals surface area (Å²) >= 11 is 1.52. The number of anilines is 1. The molecule has 1 aromatic heterocycles. The van der Waals surface area contributed by atoms with Gasteiger partial charge in [-0.05, 0) is 24.7 Å². The van der Waals surface area contributed by atoms with Gasteiger partial charge in [0.05, 0.1) is 17.0 Å². The standard InChI is InChI=1S/C16H19N3O3S2/c1-19-8-7-13-14(10-19)23-16(17-13)18-15(20)9-11-3-5-12(6-4-11)24(2,21)22/h3-6H,7-10H2,1-2H3,(H,17,18,20). The van der Waals surface area contributed by atoms with Crippen molar-refractivity contribution in [1.29, 1.82) is 0 Å². The lowest BCUT2D eigenvalue weighted by Gasteiger charge is -2.20. The average molecular weight is 365 g/mol. The van der Waals surface area contributed by atoms with Crippen LogP contribution >= 0.6 is 11.3 Å². The summed E-state index contributed by atoms with van der Waals surface area (Å²) in [6, 6.07) is 6.38. The van der Waals surface area contributed by atoms with Crippen LogP contribution in [0.15, 0.2) is 29.2 Å². The Balaban J connectivity index is 1.64. The van der Waals surface area contributed by atoms with Crippen LogP contribution in [0.1, 0.15) is 16.1 Å². The number of rotatable bonds is 4. The van der Waals surface area contributed by atoms with Crippen LogP contribution in [0.4, 0.5) is 5.13 Å². The summed E-state index contributed by atoms with van der Waals surface area (Å²) in [5.74, 6) is -0.151. The lowest BCUT2D eigenvalue weighted by molar-refractivity contribution is -0.115. The Kier molecular flexibility index (Phi) is 4.71. The first-order valence-corrected chi connectivity index (χ1v) is 10.3. The summed E-state index contributed by atoms with van der Waals surface area (Å²) in [6.45, 7) is 1.85. The molecule has 0 unspecified atom stereocenters. The SMILES string of the molecule is CN1CCc2nc(NC(=O)Cc3ccc(S(C)(=O)=O)cc3)sc2C1. The van der Waals surface area contributed by atoms with Crippen LogP contribution in [0.5, 0.6) is 0 Å². The van der Waals surface area contributed by atoms with Gasteiger partial charge in [-0.1, -0.05) is 12.1 Å². The van der Waals surface area contributed by atoms with E-state index in [1.165, 1.54) is 28.3 Å². The molecule has 1 aromatic carbocycles. The minimum Gasteiger partial charge on any atom is -0.302 e. The highest BCUT2D eigenvalue weighted by atomic mass is 32.2. The van der Waals surface area contributed by atoms with E-state index in [0.717, 1.165) is 37.0 Å². The van der Waals surface area contributed by atoms with E-state index in [1.54, 1.807) is 12.1 Å². The Labute approximate surface area is 145 Å². The van der Waals surface area contributed by atoms with Gasteiger partial charge in [0.15, 0.2) is 15.0 Å². The summed E-state index contributed by atoms with van der Waals surface area (Å²) in [5, 5.41) is 3.47. The van der Waals surface area contributed by atoms with Crippen LogP contribution in [0.25, 0.3) is 0 Å². The lowest BCUT2D eigenvalue weighted by Crippen LogP contribution is -2.25. The topological polar surface area (TPSA) is 79.4 Å². The zero-order valence-electron chi connectivity index (χ0n) is 13.6. The largest absolute Gasteiger partial charge is 0.302 e. The first-order chi connectivity index (χ1) is 11.3. The first-order valence-electron chi connectivity index (χ1n) is 7.57. The van der Waals surface area contributed by atoms with Crippen LogP contribution in [-0.4, -0.2) is 44.1 Å². The molecule has 0 atom stereocenters. The number of carbonyl (C=O) groups is 1. The van der Waals surface area contributed by atoms with Crippen molar-refractivity contribution in [3.63, 3.8) is 0 Å². The fourth-order valence-corrected chi connectivity index (χ4v) is 4.32. The molecule has 0 saturated carbocycles. The maximum Gasteiger partial charge on any atom is 0.230 e. The molecule has 1 N–H and O–H groups in total. The molecule has 0 spiro atoms. The van der Waals surface area contributed by atoms with Crippen molar-refractivity contribution in [3.05, 3.63) is 40.4 Å². The number of benzene rings is 1. The summed E-state index contributed by atoms with van der Waals surface area (Å²) in [6.07, 6.45) is 2.26. The zero-order valence-corrected chi connectivity index (χ0v) is 15.2. The van der Waals surface area contributed by atoms with Crippen molar-refractivity contribution in [2.24, 2.45) is 0 Å². The first kappa shape index (κ1) is 17.1. The van der Waals surface area contributed by atoms with E-state index < -0.39 is 9.84 Å². The third-order valence-corrected chi connectivity index (χ3v) is 6.01. The molecule has 6 nitrogen and oxygen atoms in total. The predicted octanol–water partition coefficient (Wildman–Crippen LogP) is 1.72. The highest BCUT2D eigenvalue weighted by Crippen LogP contribution is 2.27. The lowest BCUT2D eigenvalue weighted by atomic mass is 10.1. The Morgan fingerprint density at radius 1 is 1.33 bits per heavy atom. The molecule has 2 aromatic rings. The van der Waals surface area contributed by atoms with Crippen molar-refractivity contribution in [2.45, 2.75) is 24.3 Å². The van der Waals surface area contributed by atoms with Crippen LogP contribution in [0, 0.1) is 0 Å². The van der Waals surface area contributed by atoms with E-state index in [2.05, 4.69) is 22.2 Å². The molecule has 2 heterocycles. The number of aromatic nitrogens is 1. The van der Waals surface area contributed by atoms with Gasteiger partial charge in [-0.25, -0.2) is 13.4 Å². The number of nitrogens with one attached hydrogen (secondary N) is 1. The van der Waals surface area contributed by atoms with Crippen molar-refractivity contribution in [3.8, 4) is 0 Å². The molecule has 0 saturated heterocycles. The van der Waals surface area contributed by atoms with E-state index in [1.807, 2.05) is 0 Å². The van der Waals surface area contributed by atoms with E-state index >= 15 is 0 Å². The molecule has 1 aliphatic heterocycles. The fraction of sp³-hybridized carbons (Fsp3) is 0.375. The van der Waals surface area contributed by atoms with Gasteiger partial charge in [-0.2, -0.15) is 0 Å². The number of hydrogen-bond donors (Lipinski definition) is 1. The maximum absolute atomic E-state index is 12.2. The summed E-state index contributed by atoms with van der Waals surface area (Å²) < 4.78 is 22.9.